The van der Waals surface area contributed by atoms with E-state index < -0.39 is 0 Å². The normalized spacial score (nSPS) is 20.2. The highest BCUT2D eigenvalue weighted by Gasteiger charge is 2.13. The molecule has 1 fully saturated rings. The molecule has 0 aromatic heterocycles. The first-order valence-corrected chi connectivity index (χ1v) is 6.26. The van der Waals surface area contributed by atoms with E-state index in [4.69, 9.17) is 27.9 Å². The van der Waals surface area contributed by atoms with E-state index in [9.17, 15) is 0 Å². The van der Waals surface area contributed by atoms with Gasteiger partial charge in [0.25, 0.3) is 0 Å². The minimum absolute atomic E-state index is 0.516. The molecule has 0 spiro atoms. The van der Waals surface area contributed by atoms with Crippen molar-refractivity contribution in [2.75, 3.05) is 13.2 Å². The Morgan fingerprint density at radius 2 is 2.19 bits per heavy atom. The van der Waals surface area contributed by atoms with Gasteiger partial charge < -0.3 is 10.1 Å². The molecule has 1 aromatic rings. The summed E-state index contributed by atoms with van der Waals surface area (Å²) in [6.07, 6.45) is 2.46. The maximum Gasteiger partial charge on any atom is 0.0718 e. The molecule has 1 N–H and O–H groups in total. The third-order valence-corrected chi connectivity index (χ3v) is 3.47. The summed E-state index contributed by atoms with van der Waals surface area (Å²) in [4.78, 5) is 0. The van der Waals surface area contributed by atoms with E-state index in [0.717, 1.165) is 18.7 Å². The van der Waals surface area contributed by atoms with Crippen molar-refractivity contribution in [3.63, 3.8) is 0 Å². The summed E-state index contributed by atoms with van der Waals surface area (Å²) in [5.41, 5.74) is 1.06. The summed E-state index contributed by atoms with van der Waals surface area (Å²) in [5.74, 6) is 0. The predicted octanol–water partition coefficient (Wildman–Crippen LogP) is 3.26. The molecule has 1 aliphatic rings. The van der Waals surface area contributed by atoms with Crippen LogP contribution in [0.3, 0.4) is 0 Å². The van der Waals surface area contributed by atoms with Crippen LogP contribution in [0.4, 0.5) is 0 Å². The number of benzene rings is 1. The van der Waals surface area contributed by atoms with Crippen LogP contribution in [0.25, 0.3) is 0 Å². The average Bonchev–Trinajstić information content (AvgIpc) is 2.76. The van der Waals surface area contributed by atoms with E-state index in [2.05, 4.69) is 5.32 Å². The van der Waals surface area contributed by atoms with Gasteiger partial charge in [-0.25, -0.2) is 0 Å². The van der Waals surface area contributed by atoms with Crippen LogP contribution in [0.1, 0.15) is 18.4 Å². The van der Waals surface area contributed by atoms with Crippen molar-refractivity contribution in [2.45, 2.75) is 25.5 Å². The lowest BCUT2D eigenvalue weighted by Gasteiger charge is -2.11. The number of nitrogens with one attached hydrogen (secondary N) is 1. The predicted molar refractivity (Wildman–Crippen MR) is 67.1 cm³/mol. The lowest BCUT2D eigenvalue weighted by molar-refractivity contribution is 0.103. The van der Waals surface area contributed by atoms with E-state index in [1.54, 1.807) is 6.07 Å². The molecule has 2 rings (SSSR count). The van der Waals surface area contributed by atoms with Gasteiger partial charge in [0.05, 0.1) is 23.3 Å². The van der Waals surface area contributed by atoms with Gasteiger partial charge in [-0.1, -0.05) is 29.3 Å². The van der Waals surface area contributed by atoms with Gasteiger partial charge in [-0.2, -0.15) is 0 Å². The molecule has 1 atom stereocenters. The van der Waals surface area contributed by atoms with E-state index in [1.807, 2.05) is 12.1 Å². The first-order valence-electron chi connectivity index (χ1n) is 5.51. The number of hydrogen-bond donors (Lipinski definition) is 1. The van der Waals surface area contributed by atoms with Crippen molar-refractivity contribution in [3.05, 3.63) is 33.8 Å². The van der Waals surface area contributed by atoms with Crippen LogP contribution < -0.4 is 5.32 Å². The second-order valence-corrected chi connectivity index (χ2v) is 4.87. The van der Waals surface area contributed by atoms with Crippen molar-refractivity contribution < 1.29 is 4.74 Å². The zero-order valence-electron chi connectivity index (χ0n) is 9.01. The topological polar surface area (TPSA) is 21.3 Å². The Labute approximate surface area is 106 Å². The number of rotatable bonds is 4. The van der Waals surface area contributed by atoms with E-state index in [0.29, 0.717) is 22.7 Å². The summed E-state index contributed by atoms with van der Waals surface area (Å²) in [5, 5.41) is 4.56. The standard InChI is InChI=1S/C12H15Cl2NO/c13-11-4-3-9(6-12(11)14)7-16-8-10-2-1-5-15-10/h3-4,6,10,15H,1-2,5,7-8H2/t10-/m1/s1. The Balaban J connectivity index is 1.78. The van der Waals surface area contributed by atoms with Crippen LogP contribution in [0, 0.1) is 0 Å². The molecule has 1 aliphatic heterocycles. The minimum Gasteiger partial charge on any atom is -0.375 e. The SMILES string of the molecule is Clc1ccc(COC[C@H]2CCCN2)cc1Cl. The molecule has 1 aromatic carbocycles. The van der Waals surface area contributed by atoms with E-state index >= 15 is 0 Å². The second-order valence-electron chi connectivity index (χ2n) is 4.06. The van der Waals surface area contributed by atoms with Crippen LogP contribution in [0.5, 0.6) is 0 Å². The lowest BCUT2D eigenvalue weighted by Crippen LogP contribution is -2.26. The third kappa shape index (κ3) is 3.36. The minimum atomic E-state index is 0.516. The smallest absolute Gasteiger partial charge is 0.0718 e. The van der Waals surface area contributed by atoms with Gasteiger partial charge >= 0.3 is 0 Å². The van der Waals surface area contributed by atoms with Gasteiger partial charge in [0.15, 0.2) is 0 Å². The van der Waals surface area contributed by atoms with Crippen LogP contribution in [0.15, 0.2) is 18.2 Å². The molecule has 0 bridgehead atoms. The van der Waals surface area contributed by atoms with Gasteiger partial charge in [0, 0.05) is 6.04 Å². The Hall–Kier alpha value is -0.280. The maximum atomic E-state index is 5.92. The summed E-state index contributed by atoms with van der Waals surface area (Å²) in [6, 6.07) is 6.11. The molecule has 0 saturated carbocycles. The summed E-state index contributed by atoms with van der Waals surface area (Å²) < 4.78 is 5.63. The first kappa shape index (κ1) is 12.2. The number of halogens is 2. The van der Waals surface area contributed by atoms with Crippen LogP contribution in [-0.4, -0.2) is 19.2 Å². The van der Waals surface area contributed by atoms with Crippen molar-refractivity contribution >= 4 is 23.2 Å². The molecular weight excluding hydrogens is 245 g/mol. The van der Waals surface area contributed by atoms with E-state index in [1.165, 1.54) is 12.8 Å². The summed E-state index contributed by atoms with van der Waals surface area (Å²) in [7, 11) is 0. The maximum absolute atomic E-state index is 5.92. The zero-order chi connectivity index (χ0) is 11.4. The van der Waals surface area contributed by atoms with E-state index in [-0.39, 0.29) is 0 Å². The molecular formula is C12H15Cl2NO. The Morgan fingerprint density at radius 3 is 2.88 bits per heavy atom. The first-order chi connectivity index (χ1) is 7.75. The molecule has 0 unspecified atom stereocenters. The highest BCUT2D eigenvalue weighted by Crippen LogP contribution is 2.22. The molecule has 0 radical (unpaired) electrons. The van der Waals surface area contributed by atoms with Gasteiger partial charge in [0.2, 0.25) is 0 Å². The third-order valence-electron chi connectivity index (χ3n) is 2.73. The Morgan fingerprint density at radius 1 is 1.31 bits per heavy atom. The summed E-state index contributed by atoms with van der Waals surface area (Å²) >= 11 is 11.8. The van der Waals surface area contributed by atoms with Gasteiger partial charge in [-0.05, 0) is 37.1 Å². The quantitative estimate of drug-likeness (QED) is 0.897. The highest BCUT2D eigenvalue weighted by atomic mass is 35.5. The monoisotopic (exact) mass is 259 g/mol. The molecule has 2 nitrogen and oxygen atoms in total. The zero-order valence-corrected chi connectivity index (χ0v) is 10.5. The number of hydrogen-bond acceptors (Lipinski definition) is 2. The fourth-order valence-corrected chi connectivity index (χ4v) is 2.17. The fraction of sp³-hybridized carbons (Fsp3) is 0.500. The number of ether oxygens (including phenoxy) is 1. The molecule has 88 valence electrons. The Kier molecular flexibility index (Phi) is 4.47. The molecule has 4 heteroatoms. The van der Waals surface area contributed by atoms with Crippen LogP contribution in [0.2, 0.25) is 10.0 Å². The molecule has 0 amide bonds. The van der Waals surface area contributed by atoms with Crippen molar-refractivity contribution in [2.24, 2.45) is 0 Å². The molecule has 0 aliphatic carbocycles. The fourth-order valence-electron chi connectivity index (χ4n) is 1.85. The van der Waals surface area contributed by atoms with Gasteiger partial charge in [-0.15, -0.1) is 0 Å². The molecule has 1 heterocycles. The van der Waals surface area contributed by atoms with Crippen molar-refractivity contribution in [1.82, 2.24) is 5.32 Å². The van der Waals surface area contributed by atoms with Crippen molar-refractivity contribution in [3.8, 4) is 0 Å². The van der Waals surface area contributed by atoms with Gasteiger partial charge in [-0.3, -0.25) is 0 Å². The average molecular weight is 260 g/mol. The van der Waals surface area contributed by atoms with Crippen LogP contribution >= 0.6 is 23.2 Å². The van der Waals surface area contributed by atoms with Crippen LogP contribution in [-0.2, 0) is 11.3 Å². The molecule has 16 heavy (non-hydrogen) atoms. The van der Waals surface area contributed by atoms with Crippen molar-refractivity contribution in [1.29, 1.82) is 0 Å². The second kappa shape index (κ2) is 5.87. The lowest BCUT2D eigenvalue weighted by atomic mass is 10.2. The highest BCUT2D eigenvalue weighted by molar-refractivity contribution is 6.41. The molecule has 1 saturated heterocycles. The largest absolute Gasteiger partial charge is 0.375 e. The van der Waals surface area contributed by atoms with Gasteiger partial charge in [0.1, 0.15) is 0 Å². The Bertz CT molecular complexity index is 351. The summed E-state index contributed by atoms with van der Waals surface area (Å²) in [6.45, 7) is 2.47.